The number of nitrogen functional groups attached to an aromatic ring is 1. The Kier molecular flexibility index (Phi) is 3.82. The van der Waals surface area contributed by atoms with E-state index in [4.69, 9.17) is 22.6 Å². The van der Waals surface area contributed by atoms with Gasteiger partial charge in [0.2, 0.25) is 0 Å². The maximum Gasteiger partial charge on any atom is 0.259 e. The number of carbonyl (C=O) groups excluding carboxylic acids is 1. The Labute approximate surface area is 118 Å². The number of hydrogen-bond donors (Lipinski definition) is 2. The second-order valence-electron chi connectivity index (χ2n) is 3.85. The molecule has 5 nitrogen and oxygen atoms in total. The summed E-state index contributed by atoms with van der Waals surface area (Å²) in [5.74, 6) is -1.44. The van der Waals surface area contributed by atoms with Crippen molar-refractivity contribution < 1.29 is 9.18 Å². The number of nitrogens with zero attached hydrogens (tertiary/aromatic N) is 2. The predicted molar refractivity (Wildman–Crippen MR) is 72.7 cm³/mol. The lowest BCUT2D eigenvalue weighted by Gasteiger charge is -2.08. The van der Waals surface area contributed by atoms with Crippen LogP contribution in [0.1, 0.15) is 15.9 Å². The minimum absolute atomic E-state index is 0.100. The van der Waals surface area contributed by atoms with Crippen molar-refractivity contribution >= 4 is 29.0 Å². The molecule has 1 aromatic carbocycles. The number of rotatable bonds is 2. The highest BCUT2D eigenvalue weighted by atomic mass is 35.5. The number of nitrogens with one attached hydrogen (secondary N) is 1. The molecule has 100 valence electrons. The third kappa shape index (κ3) is 2.84. The van der Waals surface area contributed by atoms with Crippen molar-refractivity contribution in [3.63, 3.8) is 0 Å². The van der Waals surface area contributed by atoms with Gasteiger partial charge < -0.3 is 11.1 Å². The van der Waals surface area contributed by atoms with E-state index in [-0.39, 0.29) is 22.1 Å². The highest BCUT2D eigenvalue weighted by Gasteiger charge is 2.14. The molecule has 20 heavy (non-hydrogen) atoms. The van der Waals surface area contributed by atoms with Gasteiger partial charge in [0.25, 0.3) is 5.91 Å². The Balaban J connectivity index is 2.33. The maximum atomic E-state index is 13.1. The van der Waals surface area contributed by atoms with E-state index in [1.54, 1.807) is 0 Å². The number of nitrogens with two attached hydrogens (primary N) is 1. The zero-order valence-corrected chi connectivity index (χ0v) is 10.8. The lowest BCUT2D eigenvalue weighted by Crippen LogP contribution is -2.15. The third-order valence-electron chi connectivity index (χ3n) is 2.47. The van der Waals surface area contributed by atoms with Crippen molar-refractivity contribution in [3.05, 3.63) is 52.4 Å². The predicted octanol–water partition coefficient (Wildman–Crippen LogP) is 2.58. The largest absolute Gasteiger partial charge is 0.383 e. The molecule has 3 N–H and O–H groups in total. The average molecular weight is 291 g/mol. The first-order valence-electron chi connectivity index (χ1n) is 5.43. The SMILES string of the molecule is N#Cc1ccc(Cl)c(NC(=O)c2cc(F)cnc2N)c1. The van der Waals surface area contributed by atoms with Gasteiger partial charge >= 0.3 is 0 Å². The van der Waals surface area contributed by atoms with Crippen molar-refractivity contribution in [2.24, 2.45) is 0 Å². The summed E-state index contributed by atoms with van der Waals surface area (Å²) >= 11 is 5.91. The molecule has 0 unspecified atom stereocenters. The number of carbonyl (C=O) groups is 1. The number of nitriles is 1. The molecule has 0 radical (unpaired) electrons. The first-order valence-corrected chi connectivity index (χ1v) is 5.81. The molecular weight excluding hydrogens is 283 g/mol. The summed E-state index contributed by atoms with van der Waals surface area (Å²) in [4.78, 5) is 15.6. The van der Waals surface area contributed by atoms with Crippen molar-refractivity contribution in [1.82, 2.24) is 4.98 Å². The molecule has 0 aliphatic carbocycles. The van der Waals surface area contributed by atoms with Crippen LogP contribution in [0.3, 0.4) is 0 Å². The molecule has 0 saturated carbocycles. The molecule has 0 fully saturated rings. The Hall–Kier alpha value is -2.65. The first-order chi connectivity index (χ1) is 9.51. The molecule has 1 amide bonds. The van der Waals surface area contributed by atoms with Gasteiger partial charge in [0, 0.05) is 0 Å². The van der Waals surface area contributed by atoms with Crippen LogP contribution in [0, 0.1) is 17.1 Å². The zero-order chi connectivity index (χ0) is 14.7. The van der Waals surface area contributed by atoms with E-state index in [1.165, 1.54) is 18.2 Å². The molecule has 0 spiro atoms. The summed E-state index contributed by atoms with van der Waals surface area (Å²) in [6.07, 6.45) is 0.912. The summed E-state index contributed by atoms with van der Waals surface area (Å²) in [7, 11) is 0. The van der Waals surface area contributed by atoms with Crippen LogP contribution in [0.15, 0.2) is 30.5 Å². The number of benzene rings is 1. The molecular formula is C13H8ClFN4O. The number of amides is 1. The maximum absolute atomic E-state index is 13.1. The number of pyridine rings is 1. The van der Waals surface area contributed by atoms with Gasteiger partial charge in [-0.3, -0.25) is 4.79 Å². The van der Waals surface area contributed by atoms with Crippen molar-refractivity contribution in [2.75, 3.05) is 11.1 Å². The fraction of sp³-hybridized carbons (Fsp3) is 0. The normalized spacial score (nSPS) is 9.85. The molecule has 0 atom stereocenters. The van der Waals surface area contributed by atoms with E-state index >= 15 is 0 Å². The topological polar surface area (TPSA) is 91.8 Å². The van der Waals surface area contributed by atoms with Gasteiger partial charge in [0.05, 0.1) is 34.1 Å². The molecule has 0 aliphatic heterocycles. The van der Waals surface area contributed by atoms with E-state index < -0.39 is 11.7 Å². The Morgan fingerprint density at radius 3 is 2.90 bits per heavy atom. The molecule has 1 heterocycles. The van der Waals surface area contributed by atoms with Crippen LogP contribution in [-0.2, 0) is 0 Å². The van der Waals surface area contributed by atoms with E-state index in [9.17, 15) is 9.18 Å². The summed E-state index contributed by atoms with van der Waals surface area (Å²) in [6.45, 7) is 0. The molecule has 0 saturated heterocycles. The number of aromatic nitrogens is 1. The van der Waals surface area contributed by atoms with Crippen LogP contribution < -0.4 is 11.1 Å². The molecule has 2 aromatic rings. The van der Waals surface area contributed by atoms with Gasteiger partial charge in [0.1, 0.15) is 11.6 Å². The van der Waals surface area contributed by atoms with E-state index in [0.717, 1.165) is 12.3 Å². The lowest BCUT2D eigenvalue weighted by atomic mass is 10.2. The fourth-order valence-electron chi connectivity index (χ4n) is 1.51. The number of anilines is 2. The van der Waals surface area contributed by atoms with Gasteiger partial charge in [-0.05, 0) is 24.3 Å². The number of hydrogen-bond acceptors (Lipinski definition) is 4. The second-order valence-corrected chi connectivity index (χ2v) is 4.25. The summed E-state index contributed by atoms with van der Waals surface area (Å²) in [5, 5.41) is 11.5. The van der Waals surface area contributed by atoms with Gasteiger partial charge in [-0.25, -0.2) is 9.37 Å². The fourth-order valence-corrected chi connectivity index (χ4v) is 1.68. The molecule has 2 rings (SSSR count). The smallest absolute Gasteiger partial charge is 0.259 e. The third-order valence-corrected chi connectivity index (χ3v) is 2.80. The lowest BCUT2D eigenvalue weighted by molar-refractivity contribution is 0.102. The summed E-state index contributed by atoms with van der Waals surface area (Å²) in [5.41, 5.74) is 5.97. The van der Waals surface area contributed by atoms with Crippen LogP contribution in [0.4, 0.5) is 15.9 Å². The Bertz CT molecular complexity index is 727. The standard InChI is InChI=1S/C13H8ClFN4O/c14-10-2-1-7(5-16)3-11(10)19-13(20)9-4-8(15)6-18-12(9)17/h1-4,6H,(H2,17,18)(H,19,20). The quantitative estimate of drug-likeness (QED) is 0.889. The van der Waals surface area contributed by atoms with Gasteiger partial charge in [-0.1, -0.05) is 11.6 Å². The second kappa shape index (κ2) is 5.55. The van der Waals surface area contributed by atoms with E-state index in [2.05, 4.69) is 10.3 Å². The highest BCUT2D eigenvalue weighted by Crippen LogP contribution is 2.24. The first kappa shape index (κ1) is 13.8. The van der Waals surface area contributed by atoms with Gasteiger partial charge in [0.15, 0.2) is 0 Å². The van der Waals surface area contributed by atoms with Crippen LogP contribution in [0.25, 0.3) is 0 Å². The van der Waals surface area contributed by atoms with Crippen LogP contribution in [0.2, 0.25) is 5.02 Å². The Morgan fingerprint density at radius 1 is 1.45 bits per heavy atom. The summed E-state index contributed by atoms with van der Waals surface area (Å²) < 4.78 is 13.1. The van der Waals surface area contributed by atoms with Crippen molar-refractivity contribution in [2.45, 2.75) is 0 Å². The highest BCUT2D eigenvalue weighted by molar-refractivity contribution is 6.34. The van der Waals surface area contributed by atoms with E-state index in [0.29, 0.717) is 5.56 Å². The monoisotopic (exact) mass is 290 g/mol. The molecule has 0 aliphatic rings. The molecule has 0 bridgehead atoms. The number of halogens is 2. The van der Waals surface area contributed by atoms with Crippen LogP contribution >= 0.6 is 11.6 Å². The summed E-state index contributed by atoms with van der Waals surface area (Å²) in [6, 6.07) is 7.28. The minimum atomic E-state index is -0.679. The molecule has 1 aromatic heterocycles. The van der Waals surface area contributed by atoms with Gasteiger partial charge in [-0.2, -0.15) is 5.26 Å². The van der Waals surface area contributed by atoms with Crippen molar-refractivity contribution in [1.29, 1.82) is 5.26 Å². The van der Waals surface area contributed by atoms with Crippen LogP contribution in [0.5, 0.6) is 0 Å². The average Bonchev–Trinajstić information content (AvgIpc) is 2.43. The van der Waals surface area contributed by atoms with Gasteiger partial charge in [-0.15, -0.1) is 0 Å². The Morgan fingerprint density at radius 2 is 2.20 bits per heavy atom. The van der Waals surface area contributed by atoms with Crippen LogP contribution in [-0.4, -0.2) is 10.9 Å². The zero-order valence-electron chi connectivity index (χ0n) is 10.0. The molecule has 7 heteroatoms. The van der Waals surface area contributed by atoms with Crippen molar-refractivity contribution in [3.8, 4) is 6.07 Å². The van der Waals surface area contributed by atoms with E-state index in [1.807, 2.05) is 6.07 Å². The minimum Gasteiger partial charge on any atom is -0.383 e.